The molecule has 0 aromatic carbocycles. The molecule has 3 fully saturated rings. The number of fused-ring (bicyclic) bond motifs is 7. The minimum atomic E-state index is 0.370. The van der Waals surface area contributed by atoms with Crippen molar-refractivity contribution in [2.45, 2.75) is 44.6 Å². The molecule has 2 heterocycles. The van der Waals surface area contributed by atoms with Gasteiger partial charge in [-0.25, -0.2) is 0 Å². The van der Waals surface area contributed by atoms with Crippen molar-refractivity contribution in [1.29, 1.82) is 0 Å². The smallest absolute Gasteiger partial charge is 0.223 e. The van der Waals surface area contributed by atoms with Crippen LogP contribution in [0.3, 0.4) is 0 Å². The van der Waals surface area contributed by atoms with Crippen LogP contribution in [0.1, 0.15) is 38.5 Å². The number of carbonyl (C=O) groups excluding carboxylic acids is 1. The van der Waals surface area contributed by atoms with Crippen LogP contribution in [-0.4, -0.2) is 11.9 Å². The highest BCUT2D eigenvalue weighted by molar-refractivity contribution is 5.80. The average molecular weight is 179 g/mol. The van der Waals surface area contributed by atoms with E-state index in [1.807, 2.05) is 0 Å². The van der Waals surface area contributed by atoms with Crippen molar-refractivity contribution in [3.05, 3.63) is 0 Å². The number of rotatable bonds is 0. The number of carbonyl (C=O) groups is 1. The van der Waals surface area contributed by atoms with Crippen LogP contribution in [0.15, 0.2) is 0 Å². The summed E-state index contributed by atoms with van der Waals surface area (Å²) >= 11 is 0. The predicted molar refractivity (Wildman–Crippen MR) is 50.1 cm³/mol. The number of hydrogen-bond acceptors (Lipinski definition) is 1. The van der Waals surface area contributed by atoms with Crippen molar-refractivity contribution >= 4 is 5.91 Å². The summed E-state index contributed by atoms with van der Waals surface area (Å²) in [5.74, 6) is 2.29. The highest BCUT2D eigenvalue weighted by Gasteiger charge is 2.43. The Bertz CT molecular complexity index is 238. The minimum absolute atomic E-state index is 0.370. The van der Waals surface area contributed by atoms with Gasteiger partial charge in [0.05, 0.1) is 0 Å². The van der Waals surface area contributed by atoms with Crippen LogP contribution in [-0.2, 0) is 4.79 Å². The van der Waals surface area contributed by atoms with Crippen LogP contribution >= 0.6 is 0 Å². The molecule has 1 saturated carbocycles. The first kappa shape index (κ1) is 7.84. The average Bonchev–Trinajstić information content (AvgIpc) is 2.46. The van der Waals surface area contributed by atoms with E-state index in [4.69, 9.17) is 0 Å². The molecule has 0 spiro atoms. The molecule has 3 aliphatic rings. The molecule has 13 heavy (non-hydrogen) atoms. The van der Waals surface area contributed by atoms with Crippen LogP contribution in [0.4, 0.5) is 0 Å². The monoisotopic (exact) mass is 179 g/mol. The maximum atomic E-state index is 11.8. The summed E-state index contributed by atoms with van der Waals surface area (Å²) in [5.41, 5.74) is 0. The molecule has 0 aromatic rings. The Balaban J connectivity index is 1.96. The standard InChI is InChI=1S/C11H17NO/c13-11-9-2-1-3-10(12-11)8-5-4-7(9)6-8/h7-10H,1-6H2,(H,12,13)/t7-,8+,9+,10-/m0/s1. The van der Waals surface area contributed by atoms with Gasteiger partial charge in [-0.05, 0) is 43.9 Å². The fraction of sp³-hybridized carbons (Fsp3) is 0.909. The molecule has 0 unspecified atom stereocenters. The Labute approximate surface area is 79.1 Å². The highest BCUT2D eigenvalue weighted by atomic mass is 16.2. The fourth-order valence-corrected chi connectivity index (χ4v) is 3.64. The second-order valence-corrected chi connectivity index (χ2v) is 4.99. The first-order valence-corrected chi connectivity index (χ1v) is 5.65. The summed E-state index contributed by atoms with van der Waals surface area (Å²) in [5, 5.41) is 3.23. The molecule has 3 rings (SSSR count). The molecule has 2 nitrogen and oxygen atoms in total. The zero-order valence-corrected chi connectivity index (χ0v) is 7.96. The van der Waals surface area contributed by atoms with Crippen LogP contribution in [0.5, 0.6) is 0 Å². The SMILES string of the molecule is O=C1N[C@H]2CCC[C@@H]1[C@H]1CC[C@@H]2C1. The van der Waals surface area contributed by atoms with Crippen LogP contribution in [0, 0.1) is 17.8 Å². The van der Waals surface area contributed by atoms with Crippen molar-refractivity contribution in [1.82, 2.24) is 5.32 Å². The third-order valence-electron chi connectivity index (χ3n) is 4.35. The third kappa shape index (κ3) is 1.11. The van der Waals surface area contributed by atoms with Gasteiger partial charge in [-0.2, -0.15) is 0 Å². The lowest BCUT2D eigenvalue weighted by atomic mass is 9.84. The maximum Gasteiger partial charge on any atom is 0.223 e. The zero-order chi connectivity index (χ0) is 8.84. The van der Waals surface area contributed by atoms with Gasteiger partial charge in [-0.3, -0.25) is 4.79 Å². The van der Waals surface area contributed by atoms with E-state index in [1.54, 1.807) is 0 Å². The van der Waals surface area contributed by atoms with Gasteiger partial charge in [-0.15, -0.1) is 0 Å². The molecule has 72 valence electrons. The molecule has 2 heteroatoms. The summed E-state index contributed by atoms with van der Waals surface area (Å²) in [6.45, 7) is 0. The second-order valence-electron chi connectivity index (χ2n) is 4.99. The molecule has 4 bridgehead atoms. The minimum Gasteiger partial charge on any atom is -0.353 e. The van der Waals surface area contributed by atoms with E-state index in [2.05, 4.69) is 5.32 Å². The van der Waals surface area contributed by atoms with Crippen LogP contribution in [0.2, 0.25) is 0 Å². The summed E-state index contributed by atoms with van der Waals surface area (Å²) in [7, 11) is 0. The fourth-order valence-electron chi connectivity index (χ4n) is 3.64. The molecule has 0 aromatic heterocycles. The van der Waals surface area contributed by atoms with Gasteiger partial charge < -0.3 is 5.32 Å². The number of amides is 1. The summed E-state index contributed by atoms with van der Waals surface area (Å²) in [6.07, 6.45) is 7.67. The van der Waals surface area contributed by atoms with Crippen molar-refractivity contribution in [2.75, 3.05) is 0 Å². The van der Waals surface area contributed by atoms with Crippen LogP contribution < -0.4 is 5.32 Å². The summed E-state index contributed by atoms with van der Waals surface area (Å²) < 4.78 is 0. The van der Waals surface area contributed by atoms with Crippen molar-refractivity contribution in [3.63, 3.8) is 0 Å². The molecular weight excluding hydrogens is 162 g/mol. The second kappa shape index (κ2) is 2.73. The lowest BCUT2D eigenvalue weighted by molar-refractivity contribution is -0.126. The number of hydrogen-bond donors (Lipinski definition) is 1. The topological polar surface area (TPSA) is 29.1 Å². The summed E-state index contributed by atoms with van der Waals surface area (Å²) in [4.78, 5) is 11.8. The molecule has 4 atom stereocenters. The van der Waals surface area contributed by atoms with Crippen LogP contribution in [0.25, 0.3) is 0 Å². The summed E-state index contributed by atoms with van der Waals surface area (Å²) in [6, 6.07) is 0.532. The number of nitrogens with one attached hydrogen (secondary N) is 1. The molecule has 1 N–H and O–H groups in total. The zero-order valence-electron chi connectivity index (χ0n) is 7.96. The van der Waals surface area contributed by atoms with Gasteiger partial charge in [0.25, 0.3) is 0 Å². The van der Waals surface area contributed by atoms with E-state index in [0.717, 1.165) is 18.3 Å². The maximum absolute atomic E-state index is 11.8. The molecule has 2 aliphatic heterocycles. The normalized spacial score (nSPS) is 48.5. The Morgan fingerprint density at radius 3 is 2.85 bits per heavy atom. The Hall–Kier alpha value is -0.530. The Kier molecular flexibility index (Phi) is 1.64. The third-order valence-corrected chi connectivity index (χ3v) is 4.35. The van der Waals surface area contributed by atoms with Gasteiger partial charge in [0, 0.05) is 12.0 Å². The largest absolute Gasteiger partial charge is 0.353 e. The van der Waals surface area contributed by atoms with Crippen molar-refractivity contribution in [2.24, 2.45) is 17.8 Å². The Morgan fingerprint density at radius 2 is 1.92 bits per heavy atom. The quantitative estimate of drug-likeness (QED) is 0.602. The van der Waals surface area contributed by atoms with Gasteiger partial charge in [-0.1, -0.05) is 6.42 Å². The molecule has 2 saturated heterocycles. The van der Waals surface area contributed by atoms with E-state index in [1.165, 1.54) is 32.1 Å². The van der Waals surface area contributed by atoms with E-state index in [9.17, 15) is 4.79 Å². The highest BCUT2D eigenvalue weighted by Crippen LogP contribution is 2.44. The first-order valence-electron chi connectivity index (χ1n) is 5.65. The Morgan fingerprint density at radius 1 is 1.08 bits per heavy atom. The molecule has 0 radical (unpaired) electrons. The predicted octanol–water partition coefficient (Wildman–Crippen LogP) is 1.70. The van der Waals surface area contributed by atoms with Crippen molar-refractivity contribution < 1.29 is 4.79 Å². The van der Waals surface area contributed by atoms with Crippen molar-refractivity contribution in [3.8, 4) is 0 Å². The van der Waals surface area contributed by atoms with Gasteiger partial charge >= 0.3 is 0 Å². The van der Waals surface area contributed by atoms with E-state index in [-0.39, 0.29) is 0 Å². The lowest BCUT2D eigenvalue weighted by Crippen LogP contribution is -2.39. The lowest BCUT2D eigenvalue weighted by Gasteiger charge is -2.21. The van der Waals surface area contributed by atoms with E-state index in [0.29, 0.717) is 17.9 Å². The van der Waals surface area contributed by atoms with Gasteiger partial charge in [0.1, 0.15) is 0 Å². The van der Waals surface area contributed by atoms with Gasteiger partial charge in [0.15, 0.2) is 0 Å². The molecule has 1 amide bonds. The molecular formula is C11H17NO. The van der Waals surface area contributed by atoms with E-state index < -0.39 is 0 Å². The van der Waals surface area contributed by atoms with Gasteiger partial charge in [0.2, 0.25) is 5.91 Å². The molecule has 1 aliphatic carbocycles. The van der Waals surface area contributed by atoms with E-state index >= 15 is 0 Å². The first-order chi connectivity index (χ1) is 6.34.